The molecule has 0 aromatic carbocycles. The summed E-state index contributed by atoms with van der Waals surface area (Å²) in [4.78, 5) is 96.9. The third-order valence-corrected chi connectivity index (χ3v) is 23.3. The lowest BCUT2D eigenvalue weighted by atomic mass is 9.95. The minimum Gasteiger partial charge on any atom is -0.462 e. The van der Waals surface area contributed by atoms with Gasteiger partial charge in [0.05, 0.1) is 32.5 Å². The second kappa shape index (κ2) is 75.0. The molecule has 0 aromatic rings. The number of aliphatic hydroxyl groups is 4. The van der Waals surface area contributed by atoms with Crippen molar-refractivity contribution in [3.8, 4) is 0 Å². The Balaban J connectivity index is 2.48. The highest BCUT2D eigenvalue weighted by molar-refractivity contribution is 5.79. The van der Waals surface area contributed by atoms with Crippen molar-refractivity contribution in [2.75, 3.05) is 13.2 Å². The molecule has 0 radical (unpaired) electrons. The van der Waals surface area contributed by atoms with E-state index in [2.05, 4.69) is 52.2 Å². The van der Waals surface area contributed by atoms with E-state index in [9.17, 15) is 54.0 Å². The third-order valence-electron chi connectivity index (χ3n) is 23.3. The number of ether oxygens (including phenoxy) is 8. The van der Waals surface area contributed by atoms with Crippen molar-refractivity contribution in [2.45, 2.75) is 545 Å². The van der Waals surface area contributed by atoms with Gasteiger partial charge < -0.3 is 69.0 Å². The number of esters is 4. The Hall–Kier alpha value is -3.99. The number of nitrogens with one attached hydrogen (secondary N) is 2. The lowest BCUT2D eigenvalue weighted by Gasteiger charge is -2.46. The van der Waals surface area contributed by atoms with Crippen molar-refractivity contribution in [1.29, 1.82) is 0 Å². The van der Waals surface area contributed by atoms with E-state index in [0.29, 0.717) is 51.4 Å². The van der Waals surface area contributed by atoms with Crippen molar-refractivity contribution >= 4 is 42.2 Å². The van der Waals surface area contributed by atoms with Gasteiger partial charge in [-0.25, -0.2) is 0 Å². The Morgan fingerprint density at radius 1 is 0.339 bits per heavy atom. The highest BCUT2D eigenvalue weighted by atomic mass is 16.7. The van der Waals surface area contributed by atoms with Crippen molar-refractivity contribution in [3.05, 3.63) is 0 Å². The van der Waals surface area contributed by atoms with E-state index in [1.807, 2.05) is 0 Å². The SMILES string of the molecule is CCCCCCCCCCCCCCCC(=O)O[C@H](CCCCCCCCCCC)CC(=O)NC1C(O)OC(COC2OC(CO)C(OC=O)C(OC(=O)C[C@@H](CCCCCCCCCCC)OC(=O)CCCCCCCCCCCCC)C2NC(=O)C[C@@H](CCCCCCCC)OC(=O)CCCCCCCCCCC)C(O)C1O. The van der Waals surface area contributed by atoms with Crippen molar-refractivity contribution in [2.24, 2.45) is 0 Å². The molecule has 0 spiro atoms. The van der Waals surface area contributed by atoms with Gasteiger partial charge in [0, 0.05) is 19.3 Å². The molecule has 21 nitrogen and oxygen atoms in total. The number of carbonyl (C=O) groups is 7. The van der Waals surface area contributed by atoms with Crippen LogP contribution in [0.5, 0.6) is 0 Å². The molecular weight excluding hydrogens is 1460 g/mol. The van der Waals surface area contributed by atoms with Crippen LogP contribution in [-0.4, -0.2) is 155 Å². The summed E-state index contributed by atoms with van der Waals surface area (Å²) in [7, 11) is 0. The van der Waals surface area contributed by atoms with Crippen LogP contribution in [0.2, 0.25) is 0 Å². The maximum absolute atomic E-state index is 14.9. The normalized spacial score (nSPS) is 20.3. The van der Waals surface area contributed by atoms with Gasteiger partial charge in [0.1, 0.15) is 54.8 Å². The number of aliphatic hydroxyl groups excluding tert-OH is 4. The van der Waals surface area contributed by atoms with Crippen molar-refractivity contribution < 1.29 is 91.9 Å². The topological polar surface area (TPSA) is 298 Å². The summed E-state index contributed by atoms with van der Waals surface area (Å²) in [5.74, 6) is -3.44. The summed E-state index contributed by atoms with van der Waals surface area (Å²) in [6.45, 7) is 11.8. The molecule has 6 N–H and O–H groups in total. The first-order chi connectivity index (χ1) is 56.1. The van der Waals surface area contributed by atoms with Crippen LogP contribution in [0.1, 0.15) is 465 Å². The molecule has 2 rings (SSSR count). The number of rotatable bonds is 81. The highest BCUT2D eigenvalue weighted by Crippen LogP contribution is 2.31. The largest absolute Gasteiger partial charge is 0.462 e. The van der Waals surface area contributed by atoms with Crippen LogP contribution in [0.3, 0.4) is 0 Å². The second-order valence-corrected chi connectivity index (χ2v) is 34.0. The standard InChI is InChI=1S/C94H174N2O19/c1-7-13-19-25-31-36-38-39-41-46-51-56-62-67-83(101)110-76(65-59-53-47-42-33-27-21-15-9-3)70-81(99)95-87-90(106)89(105)80(113-93(87)107)74-108-94-88(96-82(100)71-77(64-58-52-30-24-18-12-6)111-84(102)68-61-55-49-44-35-29-23-17-11-5)92(91(109-75-98)79(73-97)114-94)115-86(104)72-78(66-60-54-48-43-34-28-22-16-10-4)112-85(103)69-63-57-50-45-40-37-32-26-20-14-8-2/h75-80,87-94,97,105-107H,7-74H2,1-6H3,(H,95,99)(H,96,100)/t76-,77-,78-,79?,80?,87?,88?,89?,90?,91?,92?,93?,94?/m1/s1. The van der Waals surface area contributed by atoms with Crippen molar-refractivity contribution in [3.63, 3.8) is 0 Å². The van der Waals surface area contributed by atoms with Crippen LogP contribution >= 0.6 is 0 Å². The predicted octanol–water partition coefficient (Wildman–Crippen LogP) is 21.2. The Labute approximate surface area is 699 Å². The Morgan fingerprint density at radius 3 is 0.930 bits per heavy atom. The first kappa shape index (κ1) is 107. The zero-order valence-electron chi connectivity index (χ0n) is 74.1. The summed E-state index contributed by atoms with van der Waals surface area (Å²) < 4.78 is 48.8. The molecule has 2 aliphatic heterocycles. The molecule has 2 fully saturated rings. The minimum atomic E-state index is -1.92. The molecule has 674 valence electrons. The maximum Gasteiger partial charge on any atom is 0.310 e. The molecule has 115 heavy (non-hydrogen) atoms. The molecule has 2 heterocycles. The number of carbonyl (C=O) groups excluding carboxylic acids is 7. The third kappa shape index (κ3) is 56.3. The average molecular weight is 1640 g/mol. The smallest absolute Gasteiger partial charge is 0.310 e. The Morgan fingerprint density at radius 2 is 0.626 bits per heavy atom. The Kier molecular flexibility index (Phi) is 69.8. The van der Waals surface area contributed by atoms with E-state index in [0.717, 1.165) is 167 Å². The molecule has 0 aromatic heterocycles. The van der Waals surface area contributed by atoms with Crippen LogP contribution in [0, 0.1) is 0 Å². The van der Waals surface area contributed by atoms with Gasteiger partial charge in [-0.3, -0.25) is 33.6 Å². The summed E-state index contributed by atoms with van der Waals surface area (Å²) in [5, 5.41) is 51.8. The van der Waals surface area contributed by atoms with Gasteiger partial charge in [0.15, 0.2) is 24.8 Å². The molecule has 2 saturated heterocycles. The minimum absolute atomic E-state index is 0.112. The summed E-state index contributed by atoms with van der Waals surface area (Å²) in [5.41, 5.74) is 0. The van der Waals surface area contributed by atoms with Gasteiger partial charge in [-0.15, -0.1) is 0 Å². The molecule has 13 atom stereocenters. The van der Waals surface area contributed by atoms with Crippen LogP contribution in [0.4, 0.5) is 0 Å². The molecular formula is C94H174N2O19. The highest BCUT2D eigenvalue weighted by Gasteiger charge is 2.52. The van der Waals surface area contributed by atoms with Gasteiger partial charge in [0.2, 0.25) is 11.8 Å². The summed E-state index contributed by atoms with van der Waals surface area (Å²) in [6.07, 6.45) is 46.6. The molecule has 10 unspecified atom stereocenters. The van der Waals surface area contributed by atoms with Crippen LogP contribution in [0.15, 0.2) is 0 Å². The van der Waals surface area contributed by atoms with E-state index in [4.69, 9.17) is 37.9 Å². The van der Waals surface area contributed by atoms with Gasteiger partial charge >= 0.3 is 23.9 Å². The second-order valence-electron chi connectivity index (χ2n) is 34.0. The predicted molar refractivity (Wildman–Crippen MR) is 458 cm³/mol. The first-order valence-electron chi connectivity index (χ1n) is 48.1. The molecule has 2 aliphatic rings. The molecule has 21 heteroatoms. The molecule has 0 aliphatic carbocycles. The fourth-order valence-electron chi connectivity index (χ4n) is 16.1. The Bertz CT molecular complexity index is 2340. The fourth-order valence-corrected chi connectivity index (χ4v) is 16.1. The quantitative estimate of drug-likeness (QED) is 0.0143. The summed E-state index contributed by atoms with van der Waals surface area (Å²) >= 11 is 0. The van der Waals surface area contributed by atoms with Gasteiger partial charge in [0.25, 0.3) is 6.47 Å². The first-order valence-corrected chi connectivity index (χ1v) is 48.1. The monoisotopic (exact) mass is 1640 g/mol. The lowest BCUT2D eigenvalue weighted by molar-refractivity contribution is -0.299. The molecule has 2 amide bonds. The van der Waals surface area contributed by atoms with Crippen molar-refractivity contribution in [1.82, 2.24) is 10.6 Å². The zero-order chi connectivity index (χ0) is 83.8. The molecule has 0 saturated carbocycles. The van der Waals surface area contributed by atoms with Gasteiger partial charge in [-0.05, 0) is 57.8 Å². The van der Waals surface area contributed by atoms with E-state index < -0.39 is 129 Å². The van der Waals surface area contributed by atoms with Crippen LogP contribution in [0.25, 0.3) is 0 Å². The van der Waals surface area contributed by atoms with Gasteiger partial charge in [-0.1, -0.05) is 369 Å². The van der Waals surface area contributed by atoms with E-state index in [-0.39, 0.29) is 44.5 Å². The number of amides is 2. The zero-order valence-corrected chi connectivity index (χ0v) is 74.1. The average Bonchev–Trinajstić information content (AvgIpc) is 0.787. The maximum atomic E-state index is 14.9. The van der Waals surface area contributed by atoms with Crippen LogP contribution < -0.4 is 10.6 Å². The van der Waals surface area contributed by atoms with Gasteiger partial charge in [-0.2, -0.15) is 0 Å². The number of hydrogen-bond donors (Lipinski definition) is 6. The fraction of sp³-hybridized carbons (Fsp3) is 0.926. The van der Waals surface area contributed by atoms with E-state index in [1.54, 1.807) is 0 Å². The number of unbranched alkanes of at least 4 members (excludes halogenated alkanes) is 51. The van der Waals surface area contributed by atoms with Crippen LogP contribution in [-0.2, 0) is 71.5 Å². The lowest BCUT2D eigenvalue weighted by Crippen LogP contribution is -2.67. The van der Waals surface area contributed by atoms with E-state index >= 15 is 0 Å². The molecule has 0 bridgehead atoms. The summed E-state index contributed by atoms with van der Waals surface area (Å²) in [6, 6.07) is -3.11. The van der Waals surface area contributed by atoms with E-state index in [1.165, 1.54) is 167 Å². The number of hydrogen-bond acceptors (Lipinski definition) is 19.